The largest absolute Gasteiger partial charge is 0.495 e. The summed E-state index contributed by atoms with van der Waals surface area (Å²) in [5.41, 5.74) is 1.51. The molecule has 0 fully saturated rings. The number of pyridine rings is 1. The average molecular weight is 344 g/mol. The molecular weight excluding hydrogens is 328 g/mol. The van der Waals surface area contributed by atoms with E-state index in [-0.39, 0.29) is 17.5 Å². The summed E-state index contributed by atoms with van der Waals surface area (Å²) < 4.78 is 38.7. The molecule has 0 amide bonds. The Morgan fingerprint density at radius 1 is 1.28 bits per heavy atom. The molecule has 3 aromatic rings. The van der Waals surface area contributed by atoms with E-state index in [1.165, 1.54) is 18.3 Å². The van der Waals surface area contributed by atoms with E-state index in [9.17, 15) is 8.78 Å². The van der Waals surface area contributed by atoms with E-state index < -0.39 is 11.6 Å². The van der Waals surface area contributed by atoms with Gasteiger partial charge in [-0.25, -0.2) is 18.3 Å². The number of benzene rings is 1. The number of fused-ring (bicyclic) bond motifs is 1. The third kappa shape index (κ3) is 2.43. The number of aromatic amines is 1. The molecule has 1 aliphatic rings. The second kappa shape index (κ2) is 5.84. The van der Waals surface area contributed by atoms with Crippen molar-refractivity contribution in [3.05, 3.63) is 59.6 Å². The van der Waals surface area contributed by atoms with Gasteiger partial charge in [-0.3, -0.25) is 0 Å². The lowest BCUT2D eigenvalue weighted by Gasteiger charge is -2.13. The van der Waals surface area contributed by atoms with Crippen LogP contribution in [0, 0.1) is 11.6 Å². The number of H-pyrrole nitrogens is 1. The number of nitrogens with one attached hydrogen (secondary N) is 2. The van der Waals surface area contributed by atoms with Crippen molar-refractivity contribution in [1.82, 2.24) is 4.98 Å². The van der Waals surface area contributed by atoms with Gasteiger partial charge >= 0.3 is 0 Å². The fourth-order valence-corrected chi connectivity index (χ4v) is 3.30. The Kier molecular flexibility index (Phi) is 3.63. The number of nitrogens with zero attached hydrogens (tertiary/aromatic N) is 1. The maximum atomic E-state index is 14.3. The molecule has 2 N–H and O–H groups in total. The third-order valence-corrected chi connectivity index (χ3v) is 4.49. The fourth-order valence-electron chi connectivity index (χ4n) is 3.30. The Bertz CT molecular complexity index is 942. The molecule has 0 saturated heterocycles. The molecule has 1 aromatic carbocycles. The van der Waals surface area contributed by atoms with Crippen molar-refractivity contribution in [3.8, 4) is 16.9 Å². The van der Waals surface area contributed by atoms with Crippen LogP contribution in [0.1, 0.15) is 24.2 Å². The van der Waals surface area contributed by atoms with Crippen LogP contribution in [0.4, 0.5) is 14.6 Å². The first-order valence-corrected chi connectivity index (χ1v) is 7.84. The summed E-state index contributed by atoms with van der Waals surface area (Å²) in [6.45, 7) is 1.98. The Balaban J connectivity index is 1.86. The second-order valence-corrected chi connectivity index (χ2v) is 5.97. The zero-order valence-electron chi connectivity index (χ0n) is 13.6. The Morgan fingerprint density at radius 2 is 2.12 bits per heavy atom. The monoisotopic (exact) mass is 344 g/mol. The van der Waals surface area contributed by atoms with Crippen molar-refractivity contribution >= 4 is 5.82 Å². The maximum Gasteiger partial charge on any atom is 0.225 e. The first-order chi connectivity index (χ1) is 12.1. The summed E-state index contributed by atoms with van der Waals surface area (Å²) in [5, 5.41) is 5.94. The molecule has 0 aliphatic carbocycles. The number of methoxy groups -OCH3 is 1. The maximum absolute atomic E-state index is 14.3. The number of ether oxygens (including phenoxy) is 1. The van der Waals surface area contributed by atoms with Gasteiger partial charge in [-0.1, -0.05) is 12.1 Å². The van der Waals surface area contributed by atoms with E-state index >= 15 is 0 Å². The molecule has 0 radical (unpaired) electrons. The second-order valence-electron chi connectivity index (χ2n) is 5.97. The highest BCUT2D eigenvalue weighted by molar-refractivity contribution is 5.69. The normalized spacial score (nSPS) is 18.7. The minimum Gasteiger partial charge on any atom is -0.495 e. The molecule has 5 nitrogen and oxygen atoms in total. The van der Waals surface area contributed by atoms with Crippen molar-refractivity contribution in [2.75, 3.05) is 12.4 Å². The SMILES string of the molecule is COc1cnc2c(c1)[C@@H](c1o[nH+]cc1-c1cccc(F)c1F)C(C)N2. The number of anilines is 1. The van der Waals surface area contributed by atoms with Gasteiger partial charge in [0.25, 0.3) is 0 Å². The van der Waals surface area contributed by atoms with Crippen LogP contribution >= 0.6 is 0 Å². The highest BCUT2D eigenvalue weighted by Crippen LogP contribution is 2.43. The molecule has 0 saturated carbocycles. The molecule has 0 spiro atoms. The lowest BCUT2D eigenvalue weighted by Crippen LogP contribution is -2.17. The van der Waals surface area contributed by atoms with E-state index in [1.807, 2.05) is 13.0 Å². The van der Waals surface area contributed by atoms with Crippen LogP contribution in [0.2, 0.25) is 0 Å². The molecule has 1 unspecified atom stereocenters. The predicted molar refractivity (Wildman–Crippen MR) is 86.3 cm³/mol. The van der Waals surface area contributed by atoms with E-state index in [4.69, 9.17) is 9.26 Å². The van der Waals surface area contributed by atoms with Crippen molar-refractivity contribution in [2.24, 2.45) is 0 Å². The van der Waals surface area contributed by atoms with Gasteiger partial charge in [-0.05, 0) is 24.2 Å². The van der Waals surface area contributed by atoms with Gasteiger partial charge in [0.1, 0.15) is 11.6 Å². The number of hydrogen-bond donors (Lipinski definition) is 1. The van der Waals surface area contributed by atoms with Crippen LogP contribution in [0.5, 0.6) is 5.75 Å². The Morgan fingerprint density at radius 3 is 2.92 bits per heavy atom. The van der Waals surface area contributed by atoms with Crippen LogP contribution in [0.15, 0.2) is 41.2 Å². The third-order valence-electron chi connectivity index (χ3n) is 4.49. The van der Waals surface area contributed by atoms with Crippen molar-refractivity contribution < 1.29 is 23.2 Å². The van der Waals surface area contributed by atoms with Crippen LogP contribution in [-0.4, -0.2) is 18.1 Å². The number of aromatic nitrogens is 2. The molecule has 7 heteroatoms. The first-order valence-electron chi connectivity index (χ1n) is 7.84. The molecular formula is C18H16F2N3O2+. The minimum absolute atomic E-state index is 0.0375. The van der Waals surface area contributed by atoms with Crippen LogP contribution in [-0.2, 0) is 0 Å². The number of hydrogen-bond acceptors (Lipinski definition) is 4. The summed E-state index contributed by atoms with van der Waals surface area (Å²) in [5.74, 6) is -0.166. The van der Waals surface area contributed by atoms with Crippen LogP contribution < -0.4 is 15.2 Å². The fraction of sp³-hybridized carbons (Fsp3) is 0.222. The van der Waals surface area contributed by atoms with E-state index in [2.05, 4.69) is 15.5 Å². The van der Waals surface area contributed by atoms with Gasteiger partial charge in [0, 0.05) is 17.2 Å². The van der Waals surface area contributed by atoms with E-state index in [0.29, 0.717) is 17.1 Å². The Labute approximate surface area is 142 Å². The van der Waals surface area contributed by atoms with Gasteiger partial charge in [0.15, 0.2) is 11.6 Å². The van der Waals surface area contributed by atoms with Crippen molar-refractivity contribution in [1.29, 1.82) is 0 Å². The standard InChI is InChI=1S/C18H15F2N3O2/c1-9-15(12-6-10(24-2)7-21-18(12)23-9)17-13(8-22-25-17)11-4-3-5-14(19)16(11)20/h3-9,15H,1-2H3,(H,21,23)/p+1/t9?,15-/m0/s1. The van der Waals surface area contributed by atoms with Crippen LogP contribution in [0.25, 0.3) is 11.1 Å². The summed E-state index contributed by atoms with van der Waals surface area (Å²) in [6.07, 6.45) is 3.16. The molecule has 3 heterocycles. The lowest BCUT2D eigenvalue weighted by molar-refractivity contribution is -0.610. The number of halogens is 2. The lowest BCUT2D eigenvalue weighted by atomic mass is 9.90. The quantitative estimate of drug-likeness (QED) is 0.791. The molecule has 25 heavy (non-hydrogen) atoms. The topological polar surface area (TPSA) is 61.4 Å². The molecule has 1 aliphatic heterocycles. The minimum atomic E-state index is -0.902. The highest BCUT2D eigenvalue weighted by Gasteiger charge is 2.38. The van der Waals surface area contributed by atoms with Gasteiger partial charge in [0.05, 0.1) is 24.8 Å². The number of rotatable bonds is 3. The zero-order valence-corrected chi connectivity index (χ0v) is 13.6. The molecule has 0 bridgehead atoms. The first kappa shape index (κ1) is 15.6. The zero-order chi connectivity index (χ0) is 17.6. The van der Waals surface area contributed by atoms with E-state index in [0.717, 1.165) is 17.4 Å². The van der Waals surface area contributed by atoms with Crippen LogP contribution in [0.3, 0.4) is 0 Å². The highest BCUT2D eigenvalue weighted by atomic mass is 19.2. The molecule has 2 atom stereocenters. The van der Waals surface area contributed by atoms with Gasteiger partial charge in [0.2, 0.25) is 12.0 Å². The van der Waals surface area contributed by atoms with Crippen molar-refractivity contribution in [3.63, 3.8) is 0 Å². The predicted octanol–water partition coefficient (Wildman–Crippen LogP) is 3.39. The average Bonchev–Trinajstić information content (AvgIpc) is 3.19. The van der Waals surface area contributed by atoms with E-state index in [1.54, 1.807) is 13.3 Å². The summed E-state index contributed by atoms with van der Waals surface area (Å²) in [6, 6.07) is 5.92. The summed E-state index contributed by atoms with van der Waals surface area (Å²) in [7, 11) is 1.57. The van der Waals surface area contributed by atoms with Gasteiger partial charge < -0.3 is 10.1 Å². The Hall–Kier alpha value is -2.96. The van der Waals surface area contributed by atoms with Gasteiger partial charge in [-0.2, -0.15) is 0 Å². The van der Waals surface area contributed by atoms with Gasteiger partial charge in [-0.15, -0.1) is 0 Å². The summed E-state index contributed by atoms with van der Waals surface area (Å²) >= 11 is 0. The van der Waals surface area contributed by atoms with Crippen molar-refractivity contribution in [2.45, 2.75) is 18.9 Å². The molecule has 4 rings (SSSR count). The molecule has 2 aromatic heterocycles. The molecule has 128 valence electrons. The summed E-state index contributed by atoms with van der Waals surface area (Å²) in [4.78, 5) is 4.35. The smallest absolute Gasteiger partial charge is 0.225 e.